The van der Waals surface area contributed by atoms with Crippen molar-refractivity contribution in [2.45, 2.75) is 142 Å². The Morgan fingerprint density at radius 2 is 0.982 bits per heavy atom. The number of fused-ring (bicyclic) bond motifs is 4. The fraction of sp³-hybridized carbons (Fsp3) is 0.315. The molecule has 25 heteroatoms. The number of carboxylic acids is 1. The number of benzene rings is 7. The van der Waals surface area contributed by atoms with Gasteiger partial charge in [0.05, 0.1) is 77.2 Å². The maximum absolute atomic E-state index is 13.9. The monoisotopic (exact) mass is 1940 g/mol. The normalized spacial score (nSPS) is 11.5. The summed E-state index contributed by atoms with van der Waals surface area (Å²) in [5.41, 5.74) is 8.76. The number of aliphatic hydroxyl groups excluding tert-OH is 1. The summed E-state index contributed by atoms with van der Waals surface area (Å²) in [4.78, 5) is 120. The molecule has 0 saturated carbocycles. The molecule has 0 fully saturated rings. The molecule has 7 aromatic carbocycles. The summed E-state index contributed by atoms with van der Waals surface area (Å²) in [6.07, 6.45) is 3.15. The second-order valence-corrected chi connectivity index (χ2v) is 29.5. The van der Waals surface area contributed by atoms with E-state index < -0.39 is 45.6 Å². The number of anilines is 5. The first-order valence-electron chi connectivity index (χ1n) is 35.0. The number of aliphatic carboxylic acids is 1. The molecule has 11 rings (SSSR count). The molecule has 0 spiro atoms. The molecule has 1 unspecified atom stereocenters. The van der Waals surface area contributed by atoms with Gasteiger partial charge in [0.15, 0.2) is 11.6 Å². The number of aryl methyl sites for hydroxylation is 1. The van der Waals surface area contributed by atoms with Gasteiger partial charge in [-0.15, -0.1) is 0 Å². The van der Waals surface area contributed by atoms with Crippen molar-refractivity contribution < 1.29 is 110 Å². The van der Waals surface area contributed by atoms with Crippen molar-refractivity contribution in [3.05, 3.63) is 247 Å². The summed E-state index contributed by atoms with van der Waals surface area (Å²) < 4.78 is 22.3. The van der Waals surface area contributed by atoms with Gasteiger partial charge < -0.3 is 79.4 Å². The minimum Gasteiger partial charge on any atom is -0.481 e. The number of rotatable bonds is 23. The van der Waals surface area contributed by atoms with Crippen LogP contribution in [-0.2, 0) is 105 Å². The van der Waals surface area contributed by atoms with Gasteiger partial charge in [0, 0.05) is 62.5 Å². The number of esters is 4. The summed E-state index contributed by atoms with van der Waals surface area (Å²) in [5, 5.41) is 29.4. The number of carboxylic acid groups (broad SMARTS) is 1. The number of halogens is 2. The number of ketones is 2. The Hall–Kier alpha value is -9.49. The largest absolute Gasteiger partial charge is 2.00 e. The van der Waals surface area contributed by atoms with Crippen LogP contribution in [0.4, 0.5) is 28.4 Å². The molecule has 2 aliphatic rings. The van der Waals surface area contributed by atoms with E-state index in [1.54, 1.807) is 81.8 Å². The van der Waals surface area contributed by atoms with Gasteiger partial charge in [-0.05, 0) is 171 Å². The van der Waals surface area contributed by atoms with Gasteiger partial charge >= 0.3 is 72.0 Å². The molecule has 2 aliphatic carbocycles. The van der Waals surface area contributed by atoms with Crippen molar-refractivity contribution >= 4 is 121 Å². The quantitative estimate of drug-likeness (QED) is 0.0172. The predicted octanol–water partition coefficient (Wildman–Crippen LogP) is 20.0. The zero-order valence-corrected chi connectivity index (χ0v) is 74.8. The Balaban J connectivity index is 0.000000844. The van der Waals surface area contributed by atoms with Crippen LogP contribution in [-0.4, -0.2) is 91.4 Å². The molecule has 2 aromatic heterocycles. The first-order chi connectivity index (χ1) is 50.5. The van der Waals surface area contributed by atoms with E-state index in [9.17, 15) is 48.3 Å². The summed E-state index contributed by atoms with van der Waals surface area (Å²) >= 11 is 12.5. The molecule has 0 bridgehead atoms. The van der Waals surface area contributed by atoms with Crippen molar-refractivity contribution in [2.24, 2.45) is 28.7 Å². The Morgan fingerprint density at radius 3 is 1.46 bits per heavy atom. The standard InChI is InChI=1S/C35H28Cl2N4O4.C30H28N2O4.C13H22O5.C6H12O2.CH4.4CH3.2W/c1-4-35(2,3)34(44)45-17-19-9-12-21(13-10-19)40-27-16-26(41-33(43)24-15-20(36)11-14-25(24)37)28-29-30(38-18-39-31(27)29)22-7-5-6-8-23(22)32(28)42;1-5-30(2,3)29(35)36-17-18-10-12-19(13-11-18)31-23-14-15-24-26-22(16-25(33)32(24)4)20-8-6-7-9-21(20)28(34)27(23)26;1-6-13(4,5)12(16)18-8-10(14)7-17-11(15)9(2)3;1-4-6(2,3)5(7)8;;;;;;;/h5-16,18,40H,4,17H2,1-3H3,(H,41,43);6-16,31H,5,17H2,1-4H3;10,14H,2,6-8H2,1,3-5H3;4H2,1-3H3,(H,7,8);1H4;4*1H3;;/q;;;;;4*-1;2*+2. The Morgan fingerprint density at radius 1 is 0.535 bits per heavy atom. The van der Waals surface area contributed by atoms with Crippen LogP contribution in [0.1, 0.15) is 176 Å². The van der Waals surface area contributed by atoms with E-state index >= 15 is 0 Å². The molecule has 0 radical (unpaired) electrons. The van der Waals surface area contributed by atoms with Crippen molar-refractivity contribution in [1.82, 2.24) is 14.5 Å². The number of ether oxygens (including phenoxy) is 4. The van der Waals surface area contributed by atoms with Crippen LogP contribution in [0.5, 0.6) is 0 Å². The van der Waals surface area contributed by atoms with Crippen LogP contribution in [0.25, 0.3) is 44.2 Å². The average Bonchev–Trinajstić information content (AvgIpc) is 0.728. The van der Waals surface area contributed by atoms with Crippen LogP contribution in [0.2, 0.25) is 10.0 Å². The van der Waals surface area contributed by atoms with Crippen LogP contribution >= 0.6 is 23.2 Å². The van der Waals surface area contributed by atoms with E-state index in [2.05, 4.69) is 32.5 Å². The number of hydrogen-bond donors (Lipinski definition) is 5. The Bertz CT molecular complexity index is 5000. The molecule has 5 N–H and O–H groups in total. The second-order valence-electron chi connectivity index (χ2n) is 28.6. The van der Waals surface area contributed by atoms with Gasteiger partial charge in [0.25, 0.3) is 11.5 Å². The van der Waals surface area contributed by atoms with E-state index in [4.69, 9.17) is 47.3 Å². The zero-order chi connectivity index (χ0) is 78.6. The number of nitrogens with one attached hydrogen (secondary N) is 3. The maximum atomic E-state index is 13.9. The zero-order valence-electron chi connectivity index (χ0n) is 67.4. The van der Waals surface area contributed by atoms with Crippen molar-refractivity contribution in [3.63, 3.8) is 0 Å². The summed E-state index contributed by atoms with van der Waals surface area (Å²) in [6.45, 7) is 27.0. The van der Waals surface area contributed by atoms with E-state index in [1.165, 1.54) is 19.3 Å². The van der Waals surface area contributed by atoms with Crippen LogP contribution < -0.4 is 21.5 Å². The van der Waals surface area contributed by atoms with Gasteiger partial charge in [-0.3, -0.25) is 38.4 Å². The number of carbonyl (C=O) groups is 8. The molecule has 0 saturated heterocycles. The molecule has 9 aromatic rings. The fourth-order valence-corrected chi connectivity index (χ4v) is 11.0. The number of amides is 1. The molecule has 1 amide bonds. The second kappa shape index (κ2) is 43.8. The molecular formula is C89H106Cl2N6O15W2. The summed E-state index contributed by atoms with van der Waals surface area (Å²) in [6, 6.07) is 41.2. The van der Waals surface area contributed by atoms with Crippen LogP contribution in [0.15, 0.2) is 163 Å². The first-order valence-corrected chi connectivity index (χ1v) is 35.8. The minimum atomic E-state index is -1.02. The first kappa shape index (κ1) is 103. The number of hydrogen-bond acceptors (Lipinski definition) is 18. The van der Waals surface area contributed by atoms with Gasteiger partial charge in [-0.25, -0.2) is 14.8 Å². The molecule has 2 heterocycles. The number of aromatic nitrogens is 3. The molecule has 608 valence electrons. The number of carbonyl (C=O) groups excluding carboxylic acids is 7. The van der Waals surface area contributed by atoms with Gasteiger partial charge in [0.2, 0.25) is 0 Å². The van der Waals surface area contributed by atoms with E-state index in [1.807, 2.05) is 146 Å². The maximum Gasteiger partial charge on any atom is 2.00 e. The van der Waals surface area contributed by atoms with Gasteiger partial charge in [0.1, 0.15) is 38.9 Å². The van der Waals surface area contributed by atoms with Gasteiger partial charge in [-0.1, -0.05) is 138 Å². The van der Waals surface area contributed by atoms with Crippen molar-refractivity contribution in [1.29, 1.82) is 0 Å². The summed E-state index contributed by atoms with van der Waals surface area (Å²) in [7, 11) is 1.72. The third-order valence-corrected chi connectivity index (χ3v) is 19.8. The van der Waals surface area contributed by atoms with Crippen LogP contribution in [0.3, 0.4) is 0 Å². The number of nitrogens with zero attached hydrogens (tertiary/aromatic N) is 3. The minimum absolute atomic E-state index is 0. The Labute approximate surface area is 709 Å². The molecule has 1 atom stereocenters. The number of aliphatic hydroxyl groups is 1. The molecule has 21 nitrogen and oxygen atoms in total. The third-order valence-electron chi connectivity index (χ3n) is 19.2. The smallest absolute Gasteiger partial charge is 0.481 e. The molecule has 114 heavy (non-hydrogen) atoms. The molecular weight excluding hydrogens is 1830 g/mol. The molecule has 0 aliphatic heterocycles. The van der Waals surface area contributed by atoms with E-state index in [-0.39, 0.29) is 168 Å². The summed E-state index contributed by atoms with van der Waals surface area (Å²) in [5.74, 6) is -3.01. The average molecular weight is 1940 g/mol. The van der Waals surface area contributed by atoms with Gasteiger partial charge in [-0.2, -0.15) is 0 Å². The van der Waals surface area contributed by atoms with E-state index in [0.29, 0.717) is 92.1 Å². The third kappa shape index (κ3) is 24.3. The number of pyridine rings is 1. The fourth-order valence-electron chi connectivity index (χ4n) is 10.6. The Kier molecular flexibility index (Phi) is 39.4. The topological polar surface area (TPSA) is 298 Å². The predicted molar refractivity (Wildman–Crippen MR) is 449 cm³/mol. The van der Waals surface area contributed by atoms with Crippen LogP contribution in [0, 0.1) is 51.4 Å². The van der Waals surface area contributed by atoms with E-state index in [0.717, 1.165) is 33.3 Å². The van der Waals surface area contributed by atoms with Crippen molar-refractivity contribution in [2.75, 3.05) is 29.2 Å². The van der Waals surface area contributed by atoms with Crippen molar-refractivity contribution in [3.8, 4) is 22.4 Å². The SMILES string of the molecule is C.C=C(C)C(=O)OCC(O)COC(=O)C(C)(C)CC.CCC(C)(C)C(=O)O.CCC(C)(C)C(=O)OCc1ccc(Nc2cc(NC(=O)c3cc(Cl)ccc3Cl)c3c4c(ncnc24)-c2ccccc2C3=O)cc1.CCC(C)(C)C(=O)OCc1ccc(Nc2ccc3c4c(cc(=O)n3C)-c3ccccc3C(=O)c24)cc1.[CH3-].[CH3-].[CH3-].[CH3-].[W+2].[W+2].